The summed E-state index contributed by atoms with van der Waals surface area (Å²) in [7, 11) is 0. The maximum Gasteiger partial charge on any atom is 0.401 e. The first-order chi connectivity index (χ1) is 14.7. The largest absolute Gasteiger partial charge is 0.401 e. The molecule has 13 heteroatoms. The Morgan fingerprint density at radius 2 is 2.03 bits per heavy atom. The SMILES string of the molecule is Nc1nn2c(c1C(=O)Nc1cnccc1N1CCN(CC(F)(F)F)CC1)NCC(F)C2. The van der Waals surface area contributed by atoms with Crippen LogP contribution in [0.4, 0.5) is 40.6 Å². The normalized spacial score (nSPS) is 19.6. The third-order valence-corrected chi connectivity index (χ3v) is 5.23. The first kappa shape index (κ1) is 21.2. The van der Waals surface area contributed by atoms with E-state index in [0.29, 0.717) is 30.3 Å². The molecule has 4 N–H and O–H groups in total. The minimum absolute atomic E-state index is 0.000158. The van der Waals surface area contributed by atoms with Crippen molar-refractivity contribution in [1.29, 1.82) is 0 Å². The monoisotopic (exact) mass is 442 g/mol. The van der Waals surface area contributed by atoms with Crippen molar-refractivity contribution in [3.05, 3.63) is 24.0 Å². The maximum atomic E-state index is 13.6. The van der Waals surface area contributed by atoms with Crippen LogP contribution in [0.1, 0.15) is 10.4 Å². The molecular weight excluding hydrogens is 420 g/mol. The van der Waals surface area contributed by atoms with Gasteiger partial charge in [0.2, 0.25) is 0 Å². The molecule has 4 heterocycles. The second-order valence-electron chi connectivity index (χ2n) is 7.49. The van der Waals surface area contributed by atoms with Crippen LogP contribution in [-0.4, -0.2) is 77.2 Å². The summed E-state index contributed by atoms with van der Waals surface area (Å²) < 4.78 is 52.8. The molecular formula is C18H22F4N8O. The van der Waals surface area contributed by atoms with Gasteiger partial charge in [0, 0.05) is 38.9 Å². The predicted octanol–water partition coefficient (Wildman–Crippen LogP) is 1.56. The van der Waals surface area contributed by atoms with Crippen molar-refractivity contribution in [2.75, 3.05) is 60.5 Å². The lowest BCUT2D eigenvalue weighted by Gasteiger charge is -2.37. The highest BCUT2D eigenvalue weighted by molar-refractivity contribution is 6.11. The number of halogens is 4. The summed E-state index contributed by atoms with van der Waals surface area (Å²) in [6.07, 6.45) is -2.36. The van der Waals surface area contributed by atoms with Crippen molar-refractivity contribution in [3.8, 4) is 0 Å². The molecule has 168 valence electrons. The van der Waals surface area contributed by atoms with Crippen molar-refractivity contribution in [2.24, 2.45) is 0 Å². The van der Waals surface area contributed by atoms with Gasteiger partial charge in [0.25, 0.3) is 5.91 Å². The summed E-state index contributed by atoms with van der Waals surface area (Å²) in [5.74, 6) is -0.219. The van der Waals surface area contributed by atoms with Gasteiger partial charge in [-0.3, -0.25) is 14.7 Å². The Labute approximate surface area is 175 Å². The number of nitrogens with two attached hydrogens (primary N) is 1. The molecule has 0 aliphatic carbocycles. The van der Waals surface area contributed by atoms with Gasteiger partial charge in [0.1, 0.15) is 17.6 Å². The Hall–Kier alpha value is -3.09. The molecule has 9 nitrogen and oxygen atoms in total. The molecule has 2 aliphatic rings. The molecule has 0 bridgehead atoms. The first-order valence-electron chi connectivity index (χ1n) is 9.75. The van der Waals surface area contributed by atoms with Crippen LogP contribution in [0.25, 0.3) is 0 Å². The topological polar surface area (TPSA) is 104 Å². The van der Waals surface area contributed by atoms with E-state index in [2.05, 4.69) is 20.7 Å². The molecule has 0 radical (unpaired) electrons. The number of pyridine rings is 1. The van der Waals surface area contributed by atoms with Gasteiger partial charge in [-0.15, -0.1) is 0 Å². The molecule has 31 heavy (non-hydrogen) atoms. The second kappa shape index (κ2) is 8.21. The average Bonchev–Trinajstić information content (AvgIpc) is 3.02. The van der Waals surface area contributed by atoms with E-state index in [4.69, 9.17) is 5.73 Å². The smallest absolute Gasteiger partial charge is 0.381 e. The zero-order valence-corrected chi connectivity index (χ0v) is 16.5. The summed E-state index contributed by atoms with van der Waals surface area (Å²) in [6.45, 7) is 0.327. The quantitative estimate of drug-likeness (QED) is 0.618. The van der Waals surface area contributed by atoms with E-state index in [9.17, 15) is 22.4 Å². The fraction of sp³-hybridized carbons (Fsp3) is 0.500. The van der Waals surface area contributed by atoms with Gasteiger partial charge in [-0.2, -0.15) is 18.3 Å². The van der Waals surface area contributed by atoms with Gasteiger partial charge < -0.3 is 21.3 Å². The van der Waals surface area contributed by atoms with Crippen LogP contribution in [0.3, 0.4) is 0 Å². The zero-order chi connectivity index (χ0) is 22.2. The van der Waals surface area contributed by atoms with Crippen molar-refractivity contribution < 1.29 is 22.4 Å². The fourth-order valence-electron chi connectivity index (χ4n) is 3.82. The standard InChI is InChI=1S/C18H22F4N8O/c19-11-7-25-16-14(15(23)27-30(16)9-11)17(31)26-12-8-24-2-1-13(12)29-5-3-28(4-6-29)10-18(20,21)22/h1-2,8,11,25H,3-7,9-10H2,(H2,23,27)(H,26,31). The highest BCUT2D eigenvalue weighted by atomic mass is 19.4. The van der Waals surface area contributed by atoms with Crippen LogP contribution < -0.4 is 21.3 Å². The van der Waals surface area contributed by atoms with Gasteiger partial charge in [-0.25, -0.2) is 9.07 Å². The van der Waals surface area contributed by atoms with Gasteiger partial charge in [0.05, 0.1) is 30.7 Å². The number of hydrogen-bond donors (Lipinski definition) is 3. The van der Waals surface area contributed by atoms with Crippen LogP contribution >= 0.6 is 0 Å². The van der Waals surface area contributed by atoms with E-state index in [0.717, 1.165) is 0 Å². The number of amides is 1. The van der Waals surface area contributed by atoms with E-state index in [1.165, 1.54) is 15.8 Å². The number of nitrogens with one attached hydrogen (secondary N) is 2. The molecule has 0 spiro atoms. The molecule has 0 aromatic carbocycles. The first-order valence-corrected chi connectivity index (χ1v) is 9.75. The fourth-order valence-corrected chi connectivity index (χ4v) is 3.82. The minimum atomic E-state index is -4.24. The van der Waals surface area contributed by atoms with Crippen molar-refractivity contribution in [1.82, 2.24) is 19.7 Å². The molecule has 1 amide bonds. The van der Waals surface area contributed by atoms with Gasteiger partial charge in [-0.1, -0.05) is 0 Å². The van der Waals surface area contributed by atoms with E-state index in [1.807, 2.05) is 4.90 Å². The van der Waals surface area contributed by atoms with E-state index < -0.39 is 24.8 Å². The number of rotatable bonds is 4. The predicted molar refractivity (Wildman–Crippen MR) is 107 cm³/mol. The van der Waals surface area contributed by atoms with E-state index in [1.54, 1.807) is 12.3 Å². The maximum absolute atomic E-state index is 13.6. The molecule has 1 unspecified atom stereocenters. The van der Waals surface area contributed by atoms with Crippen molar-refractivity contribution >= 4 is 28.9 Å². The van der Waals surface area contributed by atoms with Gasteiger partial charge in [0.15, 0.2) is 5.82 Å². The van der Waals surface area contributed by atoms with Crippen molar-refractivity contribution in [3.63, 3.8) is 0 Å². The van der Waals surface area contributed by atoms with E-state index in [-0.39, 0.29) is 37.6 Å². The summed E-state index contributed by atoms with van der Waals surface area (Å²) in [5, 5.41) is 9.61. The number of hydrogen-bond acceptors (Lipinski definition) is 7. The number of piperazine rings is 1. The molecule has 1 atom stereocenters. The minimum Gasteiger partial charge on any atom is -0.381 e. The highest BCUT2D eigenvalue weighted by Gasteiger charge is 2.33. The summed E-state index contributed by atoms with van der Waals surface area (Å²) in [4.78, 5) is 20.2. The molecule has 1 fully saturated rings. The molecule has 2 aromatic rings. The zero-order valence-electron chi connectivity index (χ0n) is 16.5. The molecule has 4 rings (SSSR count). The van der Waals surface area contributed by atoms with E-state index >= 15 is 0 Å². The second-order valence-corrected chi connectivity index (χ2v) is 7.49. The number of nitrogen functional groups attached to an aromatic ring is 1. The third kappa shape index (κ3) is 4.65. The Morgan fingerprint density at radius 1 is 1.29 bits per heavy atom. The summed E-state index contributed by atoms with van der Waals surface area (Å²) >= 11 is 0. The lowest BCUT2D eigenvalue weighted by molar-refractivity contribution is -0.146. The number of carbonyl (C=O) groups is 1. The number of anilines is 4. The Morgan fingerprint density at radius 3 is 2.74 bits per heavy atom. The van der Waals surface area contributed by atoms with Crippen LogP contribution in [0.5, 0.6) is 0 Å². The van der Waals surface area contributed by atoms with Gasteiger partial charge in [-0.05, 0) is 6.07 Å². The molecule has 0 saturated carbocycles. The van der Waals surface area contributed by atoms with Crippen LogP contribution in [0.15, 0.2) is 18.5 Å². The third-order valence-electron chi connectivity index (χ3n) is 5.23. The number of fused-ring (bicyclic) bond motifs is 1. The van der Waals surface area contributed by atoms with Crippen LogP contribution in [0.2, 0.25) is 0 Å². The number of nitrogens with zero attached hydrogens (tertiary/aromatic N) is 5. The van der Waals surface area contributed by atoms with Crippen LogP contribution in [0, 0.1) is 0 Å². The molecule has 1 saturated heterocycles. The summed E-state index contributed by atoms with van der Waals surface area (Å²) in [6, 6.07) is 1.69. The Bertz CT molecular complexity index is 955. The average molecular weight is 442 g/mol. The lowest BCUT2D eigenvalue weighted by atomic mass is 10.2. The molecule has 2 aliphatic heterocycles. The van der Waals surface area contributed by atoms with Crippen LogP contribution in [-0.2, 0) is 6.54 Å². The number of carbonyl (C=O) groups excluding carboxylic acids is 1. The summed E-state index contributed by atoms with van der Waals surface area (Å²) in [5.41, 5.74) is 7.04. The Balaban J connectivity index is 1.49. The number of alkyl halides is 4. The highest BCUT2D eigenvalue weighted by Crippen LogP contribution is 2.30. The number of aromatic nitrogens is 3. The molecule has 2 aromatic heterocycles. The van der Waals surface area contributed by atoms with Gasteiger partial charge >= 0.3 is 6.18 Å². The Kier molecular flexibility index (Phi) is 5.60. The van der Waals surface area contributed by atoms with Crippen molar-refractivity contribution in [2.45, 2.75) is 18.9 Å². The lowest BCUT2D eigenvalue weighted by Crippen LogP contribution is -2.49.